The highest BCUT2D eigenvalue weighted by molar-refractivity contribution is 9.10. The first-order valence-electron chi connectivity index (χ1n) is 12.2. The van der Waals surface area contributed by atoms with Gasteiger partial charge in [-0.3, -0.25) is 9.36 Å². The van der Waals surface area contributed by atoms with Crippen molar-refractivity contribution in [3.63, 3.8) is 0 Å². The van der Waals surface area contributed by atoms with Gasteiger partial charge in [0.25, 0.3) is 5.56 Å². The zero-order chi connectivity index (χ0) is 28.1. The van der Waals surface area contributed by atoms with Crippen LogP contribution in [0.25, 0.3) is 6.08 Å². The Balaban J connectivity index is 1.91. The number of hydrogen-bond donors (Lipinski definition) is 0. The Labute approximate surface area is 237 Å². The third-order valence-corrected chi connectivity index (χ3v) is 7.57. The molecule has 4 rings (SSSR count). The molecule has 2 heterocycles. The first-order valence-corrected chi connectivity index (χ1v) is 13.8. The Morgan fingerprint density at radius 1 is 1.10 bits per heavy atom. The van der Waals surface area contributed by atoms with E-state index in [0.29, 0.717) is 38.7 Å². The van der Waals surface area contributed by atoms with Gasteiger partial charge in [-0.05, 0) is 56.2 Å². The molecular formula is C28H27BrN2O7S. The molecule has 0 bridgehead atoms. The van der Waals surface area contributed by atoms with Crippen LogP contribution in [0.1, 0.15) is 37.9 Å². The van der Waals surface area contributed by atoms with E-state index >= 15 is 0 Å². The number of allylic oxidation sites excluding steroid dienone is 1. The number of esters is 2. The summed E-state index contributed by atoms with van der Waals surface area (Å²) in [5.41, 5.74) is 1.84. The Bertz CT molecular complexity index is 1620. The van der Waals surface area contributed by atoms with Crippen molar-refractivity contribution in [2.75, 3.05) is 26.9 Å². The van der Waals surface area contributed by atoms with Gasteiger partial charge in [0.15, 0.2) is 22.9 Å². The van der Waals surface area contributed by atoms with Gasteiger partial charge in [-0.1, -0.05) is 51.5 Å². The molecular weight excluding hydrogens is 588 g/mol. The molecule has 0 spiro atoms. The predicted octanol–water partition coefficient (Wildman–Crippen LogP) is 3.51. The molecule has 0 radical (unpaired) electrons. The standard InChI is InChI=1S/C28H27BrN2O7S/c1-5-36-21-13-18(11-12-20(21)38-15-23(32)35-4)25-24(27(34)37-6-2)16(3)30-28-31(25)26(33)22(39-28)14-17-9-7-8-10-19(17)29/h7-14,25H,5-6,15H2,1-4H3/b22-14-/t25-/m0/s1. The zero-order valence-corrected chi connectivity index (χ0v) is 24.3. The first kappa shape index (κ1) is 28.3. The van der Waals surface area contributed by atoms with Gasteiger partial charge in [0.05, 0.1) is 42.2 Å². The molecule has 1 aliphatic heterocycles. The zero-order valence-electron chi connectivity index (χ0n) is 21.9. The molecule has 0 N–H and O–H groups in total. The second-order valence-electron chi connectivity index (χ2n) is 8.33. The van der Waals surface area contributed by atoms with E-state index < -0.39 is 18.0 Å². The van der Waals surface area contributed by atoms with Crippen molar-refractivity contribution in [2.24, 2.45) is 4.99 Å². The molecule has 9 nitrogen and oxygen atoms in total. The Kier molecular flexibility index (Phi) is 9.03. The van der Waals surface area contributed by atoms with Crippen molar-refractivity contribution < 1.29 is 28.5 Å². The van der Waals surface area contributed by atoms with Crippen molar-refractivity contribution in [3.8, 4) is 11.5 Å². The van der Waals surface area contributed by atoms with Gasteiger partial charge in [-0.2, -0.15) is 0 Å². The largest absolute Gasteiger partial charge is 0.490 e. The van der Waals surface area contributed by atoms with Crippen LogP contribution >= 0.6 is 27.3 Å². The van der Waals surface area contributed by atoms with Gasteiger partial charge >= 0.3 is 11.9 Å². The van der Waals surface area contributed by atoms with E-state index in [4.69, 9.17) is 14.2 Å². The lowest BCUT2D eigenvalue weighted by molar-refractivity contribution is -0.143. The molecule has 3 aromatic rings. The molecule has 1 aliphatic rings. The van der Waals surface area contributed by atoms with Crippen LogP contribution in [0.3, 0.4) is 0 Å². The number of carbonyl (C=O) groups is 2. The van der Waals surface area contributed by atoms with Crippen molar-refractivity contribution in [1.82, 2.24) is 4.57 Å². The summed E-state index contributed by atoms with van der Waals surface area (Å²) in [4.78, 5) is 43.7. The molecule has 1 atom stereocenters. The van der Waals surface area contributed by atoms with Crippen LogP contribution < -0.4 is 24.4 Å². The minimum Gasteiger partial charge on any atom is -0.490 e. The van der Waals surface area contributed by atoms with Gasteiger partial charge in [-0.15, -0.1) is 0 Å². The maximum atomic E-state index is 13.8. The van der Waals surface area contributed by atoms with E-state index in [1.54, 1.807) is 38.1 Å². The van der Waals surface area contributed by atoms with Gasteiger partial charge in [0, 0.05) is 4.47 Å². The second-order valence-corrected chi connectivity index (χ2v) is 10.2. The fourth-order valence-electron chi connectivity index (χ4n) is 4.12. The minimum atomic E-state index is -0.824. The molecule has 11 heteroatoms. The molecule has 2 aromatic carbocycles. The molecule has 0 saturated heterocycles. The number of aromatic nitrogens is 1. The summed E-state index contributed by atoms with van der Waals surface area (Å²) in [5, 5.41) is 0. The average Bonchev–Trinajstić information content (AvgIpc) is 3.22. The Morgan fingerprint density at radius 2 is 1.87 bits per heavy atom. The number of fused-ring (bicyclic) bond motifs is 1. The maximum absolute atomic E-state index is 13.8. The lowest BCUT2D eigenvalue weighted by Crippen LogP contribution is -2.40. The highest BCUT2D eigenvalue weighted by Gasteiger charge is 2.34. The van der Waals surface area contributed by atoms with Gasteiger partial charge in [-0.25, -0.2) is 14.6 Å². The summed E-state index contributed by atoms with van der Waals surface area (Å²) in [6, 6.07) is 11.8. The smallest absolute Gasteiger partial charge is 0.343 e. The SMILES string of the molecule is CCOC(=O)C1=C(C)N=c2s/c(=C\c3ccccc3Br)c(=O)n2[C@H]1c1ccc(OCC(=O)OC)c(OCC)c1. The van der Waals surface area contributed by atoms with E-state index in [-0.39, 0.29) is 24.3 Å². The summed E-state index contributed by atoms with van der Waals surface area (Å²) in [6.45, 7) is 5.45. The van der Waals surface area contributed by atoms with Crippen LogP contribution in [-0.4, -0.2) is 43.4 Å². The Morgan fingerprint density at radius 3 is 2.56 bits per heavy atom. The molecule has 0 amide bonds. The van der Waals surface area contributed by atoms with E-state index in [9.17, 15) is 14.4 Å². The summed E-state index contributed by atoms with van der Waals surface area (Å²) >= 11 is 4.77. The summed E-state index contributed by atoms with van der Waals surface area (Å²) in [6.07, 6.45) is 1.80. The molecule has 39 heavy (non-hydrogen) atoms. The average molecular weight is 616 g/mol. The monoisotopic (exact) mass is 614 g/mol. The lowest BCUT2D eigenvalue weighted by Gasteiger charge is -2.25. The maximum Gasteiger partial charge on any atom is 0.343 e. The number of methoxy groups -OCH3 is 1. The van der Waals surface area contributed by atoms with E-state index in [1.165, 1.54) is 23.0 Å². The fraction of sp³-hybridized carbons (Fsp3) is 0.286. The van der Waals surface area contributed by atoms with Crippen LogP contribution in [0.2, 0.25) is 0 Å². The predicted molar refractivity (Wildman–Crippen MR) is 150 cm³/mol. The number of thiazole rings is 1. The van der Waals surface area contributed by atoms with Crippen molar-refractivity contribution in [1.29, 1.82) is 0 Å². The number of benzene rings is 2. The van der Waals surface area contributed by atoms with Crippen LogP contribution in [0.4, 0.5) is 0 Å². The van der Waals surface area contributed by atoms with Crippen LogP contribution in [0, 0.1) is 0 Å². The number of rotatable bonds is 9. The summed E-state index contributed by atoms with van der Waals surface area (Å²) in [5.74, 6) is -0.424. The number of nitrogens with zero attached hydrogens (tertiary/aromatic N) is 2. The summed E-state index contributed by atoms with van der Waals surface area (Å²) < 4.78 is 24.2. The molecule has 0 aliphatic carbocycles. The molecule has 0 saturated carbocycles. The van der Waals surface area contributed by atoms with E-state index in [2.05, 4.69) is 25.7 Å². The number of hydrogen-bond acceptors (Lipinski definition) is 9. The number of carbonyl (C=O) groups excluding carboxylic acids is 2. The molecule has 0 unspecified atom stereocenters. The van der Waals surface area contributed by atoms with Crippen molar-refractivity contribution in [3.05, 3.63) is 89.0 Å². The van der Waals surface area contributed by atoms with Gasteiger partial charge < -0.3 is 18.9 Å². The van der Waals surface area contributed by atoms with E-state index in [1.807, 2.05) is 31.2 Å². The topological polar surface area (TPSA) is 105 Å². The second kappa shape index (κ2) is 12.4. The lowest BCUT2D eigenvalue weighted by atomic mass is 9.95. The molecule has 1 aromatic heterocycles. The van der Waals surface area contributed by atoms with Crippen LogP contribution in [-0.2, 0) is 19.1 Å². The quantitative estimate of drug-likeness (QED) is 0.340. The van der Waals surface area contributed by atoms with Crippen LogP contribution in [0.5, 0.6) is 11.5 Å². The van der Waals surface area contributed by atoms with Crippen molar-refractivity contribution >= 4 is 45.3 Å². The van der Waals surface area contributed by atoms with Crippen LogP contribution in [0.15, 0.2) is 68.0 Å². The highest BCUT2D eigenvalue weighted by Crippen LogP contribution is 2.36. The van der Waals surface area contributed by atoms with Gasteiger partial charge in [0.1, 0.15) is 0 Å². The third-order valence-electron chi connectivity index (χ3n) is 5.87. The van der Waals surface area contributed by atoms with Crippen molar-refractivity contribution in [2.45, 2.75) is 26.8 Å². The minimum absolute atomic E-state index is 0.166. The number of halogens is 1. The Hall–Kier alpha value is -3.70. The molecule has 0 fully saturated rings. The van der Waals surface area contributed by atoms with Gasteiger partial charge in [0.2, 0.25) is 0 Å². The molecule has 204 valence electrons. The number of ether oxygens (including phenoxy) is 4. The highest BCUT2D eigenvalue weighted by atomic mass is 79.9. The first-order chi connectivity index (χ1) is 18.8. The van der Waals surface area contributed by atoms with E-state index in [0.717, 1.165) is 10.0 Å². The third kappa shape index (κ3) is 5.99. The normalized spacial score (nSPS) is 14.9. The fourth-order valence-corrected chi connectivity index (χ4v) is 5.55. The summed E-state index contributed by atoms with van der Waals surface area (Å²) in [7, 11) is 1.27.